The van der Waals surface area contributed by atoms with Gasteiger partial charge in [0.15, 0.2) is 0 Å². The van der Waals surface area contributed by atoms with Gasteiger partial charge in [-0.15, -0.1) is 5.10 Å². The molecule has 1 amide bonds. The number of nitrogens with one attached hydrogen (secondary N) is 1. The maximum absolute atomic E-state index is 12.2. The van der Waals surface area contributed by atoms with Crippen LogP contribution in [-0.4, -0.2) is 51.6 Å². The lowest BCUT2D eigenvalue weighted by Crippen LogP contribution is -2.47. The van der Waals surface area contributed by atoms with Crippen LogP contribution < -0.4 is 5.32 Å². The van der Waals surface area contributed by atoms with Crippen molar-refractivity contribution in [2.75, 3.05) is 26.2 Å². The van der Waals surface area contributed by atoms with Crippen LogP contribution in [0.2, 0.25) is 0 Å². The summed E-state index contributed by atoms with van der Waals surface area (Å²) in [4.78, 5) is 14.1. The molecule has 0 aromatic heterocycles. The first-order valence-electron chi connectivity index (χ1n) is 5.88. The summed E-state index contributed by atoms with van der Waals surface area (Å²) in [5.41, 5.74) is 2.44. The molecule has 18 heavy (non-hydrogen) atoms. The molecule has 94 valence electrons. The third kappa shape index (κ3) is 2.19. The molecule has 0 radical (unpaired) electrons. The van der Waals surface area contributed by atoms with E-state index < -0.39 is 0 Å². The van der Waals surface area contributed by atoms with E-state index in [2.05, 4.69) is 19.9 Å². The first-order valence-corrected chi connectivity index (χ1v) is 6.71. The quantitative estimate of drug-likeness (QED) is 0.826. The van der Waals surface area contributed by atoms with Gasteiger partial charge in [0.1, 0.15) is 11.4 Å². The summed E-state index contributed by atoms with van der Waals surface area (Å²) in [5, 5.41) is 13.0. The van der Waals surface area contributed by atoms with E-state index in [9.17, 15) is 4.79 Å². The molecule has 0 aromatic carbocycles. The molecule has 1 N–H and O–H groups in total. The molecular formula is C11H13N5OS. The van der Waals surface area contributed by atoms with Crippen LogP contribution in [0.15, 0.2) is 11.6 Å². The van der Waals surface area contributed by atoms with Gasteiger partial charge in [0.2, 0.25) is 5.91 Å². The Morgan fingerprint density at radius 1 is 1.44 bits per heavy atom. The van der Waals surface area contributed by atoms with Crippen LogP contribution in [0.25, 0.3) is 11.4 Å². The molecule has 0 aliphatic carbocycles. The summed E-state index contributed by atoms with van der Waals surface area (Å²) < 4.78 is 4.20. The SMILES string of the molecule is O=C(Cc1csnc2cnnc1-2)N1CCNCC1. The van der Waals surface area contributed by atoms with Crippen molar-refractivity contribution in [2.45, 2.75) is 6.42 Å². The molecule has 0 aromatic rings. The number of carbonyl (C=O) groups is 1. The zero-order valence-electron chi connectivity index (χ0n) is 9.80. The average Bonchev–Trinajstić information content (AvgIpc) is 2.89. The van der Waals surface area contributed by atoms with E-state index >= 15 is 0 Å². The van der Waals surface area contributed by atoms with Gasteiger partial charge in [-0.1, -0.05) is 0 Å². The smallest absolute Gasteiger partial charge is 0.227 e. The van der Waals surface area contributed by atoms with Crippen molar-refractivity contribution in [3.05, 3.63) is 17.1 Å². The lowest BCUT2D eigenvalue weighted by atomic mass is 10.1. The summed E-state index contributed by atoms with van der Waals surface area (Å²) in [6.07, 6.45) is 2.01. The standard InChI is InChI=1S/C11H13N5OS/c17-10(16-3-1-12-2-4-16)5-8-7-18-15-9-6-13-14-11(8)9/h6-7,12H,1-5H2. The van der Waals surface area contributed by atoms with Crippen molar-refractivity contribution in [1.29, 1.82) is 0 Å². The van der Waals surface area contributed by atoms with Crippen molar-refractivity contribution in [1.82, 2.24) is 24.8 Å². The fraction of sp³-hybridized carbons (Fsp3) is 0.455. The van der Waals surface area contributed by atoms with Crippen molar-refractivity contribution in [2.24, 2.45) is 0 Å². The lowest BCUT2D eigenvalue weighted by molar-refractivity contribution is -0.131. The molecule has 3 heterocycles. The maximum Gasteiger partial charge on any atom is 0.227 e. The second-order valence-corrected chi connectivity index (χ2v) is 4.85. The monoisotopic (exact) mass is 263 g/mol. The van der Waals surface area contributed by atoms with E-state index in [1.165, 1.54) is 11.5 Å². The van der Waals surface area contributed by atoms with Gasteiger partial charge in [0.25, 0.3) is 0 Å². The molecule has 3 rings (SSSR count). The van der Waals surface area contributed by atoms with Crippen molar-refractivity contribution >= 4 is 17.4 Å². The Bertz CT molecular complexity index is 522. The van der Waals surface area contributed by atoms with Crippen molar-refractivity contribution in [3.8, 4) is 11.4 Å². The van der Waals surface area contributed by atoms with E-state index in [4.69, 9.17) is 0 Å². The molecule has 3 aliphatic rings. The molecule has 1 saturated heterocycles. The van der Waals surface area contributed by atoms with Gasteiger partial charge in [-0.3, -0.25) is 4.79 Å². The summed E-state index contributed by atoms with van der Waals surface area (Å²) in [6.45, 7) is 3.30. The Hall–Kier alpha value is -1.60. The lowest BCUT2D eigenvalue weighted by Gasteiger charge is -2.27. The Morgan fingerprint density at radius 3 is 3.11 bits per heavy atom. The number of hydrogen-bond donors (Lipinski definition) is 1. The van der Waals surface area contributed by atoms with Gasteiger partial charge >= 0.3 is 0 Å². The summed E-state index contributed by atoms with van der Waals surface area (Å²) in [6, 6.07) is 0. The molecule has 0 spiro atoms. The third-order valence-electron chi connectivity index (χ3n) is 3.04. The van der Waals surface area contributed by atoms with Crippen LogP contribution in [0.3, 0.4) is 0 Å². The fourth-order valence-corrected chi connectivity index (χ4v) is 2.69. The zero-order valence-corrected chi connectivity index (χ0v) is 10.6. The number of carbonyl (C=O) groups excluding carboxylic acids is 1. The highest BCUT2D eigenvalue weighted by atomic mass is 32.1. The Kier molecular flexibility index (Phi) is 3.16. The van der Waals surface area contributed by atoms with Gasteiger partial charge in [-0.25, -0.2) is 0 Å². The Labute approximate surface area is 109 Å². The molecule has 6 nitrogen and oxygen atoms in total. The molecule has 0 bridgehead atoms. The van der Waals surface area contributed by atoms with Gasteiger partial charge in [0, 0.05) is 37.1 Å². The average molecular weight is 263 g/mol. The highest BCUT2D eigenvalue weighted by molar-refractivity contribution is 7.03. The fourth-order valence-electron chi connectivity index (χ4n) is 2.07. The van der Waals surface area contributed by atoms with Crippen LogP contribution in [0.1, 0.15) is 5.56 Å². The molecule has 1 fully saturated rings. The van der Waals surface area contributed by atoms with E-state index in [-0.39, 0.29) is 5.91 Å². The highest BCUT2D eigenvalue weighted by Gasteiger charge is 2.20. The summed E-state index contributed by atoms with van der Waals surface area (Å²) in [7, 11) is 0. The third-order valence-corrected chi connectivity index (χ3v) is 3.73. The molecule has 3 aliphatic heterocycles. The predicted octanol–water partition coefficient (Wildman–Crippen LogP) is 0.0122. The van der Waals surface area contributed by atoms with E-state index in [1.807, 2.05) is 10.3 Å². The van der Waals surface area contributed by atoms with Gasteiger partial charge in [-0.05, 0) is 11.5 Å². The van der Waals surface area contributed by atoms with Crippen LogP contribution in [0.4, 0.5) is 0 Å². The molecule has 0 saturated carbocycles. The van der Waals surface area contributed by atoms with Gasteiger partial charge in [0.05, 0.1) is 12.6 Å². The number of fused-ring (bicyclic) bond motifs is 1. The van der Waals surface area contributed by atoms with E-state index in [0.717, 1.165) is 43.1 Å². The van der Waals surface area contributed by atoms with E-state index in [1.54, 1.807) is 6.20 Å². The largest absolute Gasteiger partial charge is 0.340 e. The summed E-state index contributed by atoms with van der Waals surface area (Å²) >= 11 is 1.34. The minimum Gasteiger partial charge on any atom is -0.340 e. The van der Waals surface area contributed by atoms with Gasteiger partial charge in [-0.2, -0.15) is 9.47 Å². The van der Waals surface area contributed by atoms with Crippen molar-refractivity contribution in [3.63, 3.8) is 0 Å². The topological polar surface area (TPSA) is 71.0 Å². The number of amides is 1. The number of piperazine rings is 1. The molecule has 0 atom stereocenters. The van der Waals surface area contributed by atoms with Gasteiger partial charge < -0.3 is 10.2 Å². The zero-order chi connectivity index (χ0) is 12.4. The van der Waals surface area contributed by atoms with Crippen LogP contribution in [0, 0.1) is 0 Å². The maximum atomic E-state index is 12.2. The summed E-state index contributed by atoms with van der Waals surface area (Å²) in [5.74, 6) is 0.152. The van der Waals surface area contributed by atoms with Crippen molar-refractivity contribution < 1.29 is 4.79 Å². The second kappa shape index (κ2) is 4.95. The Balaban J connectivity index is 1.76. The predicted molar refractivity (Wildman–Crippen MR) is 67.5 cm³/mol. The second-order valence-electron chi connectivity index (χ2n) is 4.23. The molecule has 7 heteroatoms. The normalized spacial score (nSPS) is 16.1. The highest BCUT2D eigenvalue weighted by Crippen LogP contribution is 2.22. The molecular weight excluding hydrogens is 250 g/mol. The minimum absolute atomic E-state index is 0.152. The Morgan fingerprint density at radius 2 is 2.28 bits per heavy atom. The van der Waals surface area contributed by atoms with Crippen LogP contribution in [0.5, 0.6) is 0 Å². The number of aromatic nitrogens is 3. The van der Waals surface area contributed by atoms with Crippen LogP contribution in [-0.2, 0) is 11.2 Å². The van der Waals surface area contributed by atoms with E-state index in [0.29, 0.717) is 6.42 Å². The minimum atomic E-state index is 0.152. The first kappa shape index (κ1) is 11.5. The van der Waals surface area contributed by atoms with Crippen LogP contribution >= 0.6 is 11.5 Å². The number of rotatable bonds is 2. The first-order chi connectivity index (χ1) is 8.84. The number of nitrogens with zero attached hydrogens (tertiary/aromatic N) is 4. The molecule has 0 unspecified atom stereocenters. The number of hydrogen-bond acceptors (Lipinski definition) is 6.